The largest absolute Gasteiger partial charge is 0.492 e. The SMILES string of the molecule is CCN(CC)CC.NNC(=O)CCCCOc1ccc(-c2cnc(-c3cc[n+](CCCS(=O)(=O)O)cc3)o2)cc1S(=O)(=O)O. The van der Waals surface area contributed by atoms with Crippen LogP contribution in [-0.2, 0) is 31.6 Å². The van der Waals surface area contributed by atoms with Gasteiger partial charge in [0.15, 0.2) is 18.2 Å². The molecule has 0 aliphatic carbocycles. The van der Waals surface area contributed by atoms with Crippen LogP contribution in [0, 0.1) is 0 Å². The quantitative estimate of drug-likeness (QED) is 0.0439. The molecule has 0 unspecified atom stereocenters. The van der Waals surface area contributed by atoms with Crippen LogP contribution in [0.3, 0.4) is 0 Å². The summed E-state index contributed by atoms with van der Waals surface area (Å²) in [6, 6.07) is 7.59. The Labute approximate surface area is 258 Å². The van der Waals surface area contributed by atoms with Crippen LogP contribution in [0.1, 0.15) is 46.5 Å². The molecule has 2 heterocycles. The van der Waals surface area contributed by atoms with Crippen LogP contribution in [0.2, 0.25) is 0 Å². The molecule has 5 N–H and O–H groups in total. The number of nitrogens with one attached hydrogen (secondary N) is 1. The van der Waals surface area contributed by atoms with Gasteiger partial charge < -0.3 is 14.1 Å². The highest BCUT2D eigenvalue weighted by Crippen LogP contribution is 2.32. The van der Waals surface area contributed by atoms with E-state index in [1.165, 1.54) is 38.0 Å². The fourth-order valence-corrected chi connectivity index (χ4v) is 5.17. The molecule has 0 saturated carbocycles. The van der Waals surface area contributed by atoms with Crippen LogP contribution in [0.4, 0.5) is 0 Å². The number of nitrogens with two attached hydrogens (primary N) is 1. The zero-order valence-electron chi connectivity index (χ0n) is 25.2. The third kappa shape index (κ3) is 12.7. The van der Waals surface area contributed by atoms with Crippen LogP contribution in [-0.4, -0.2) is 73.7 Å². The minimum absolute atomic E-state index is 0.0455. The molecule has 3 rings (SSSR count). The first-order chi connectivity index (χ1) is 20.8. The number of hydrogen-bond donors (Lipinski definition) is 4. The molecule has 0 bridgehead atoms. The highest BCUT2D eigenvalue weighted by molar-refractivity contribution is 7.86. The predicted octanol–water partition coefficient (Wildman–Crippen LogP) is 2.71. The number of carbonyl (C=O) groups excluding carboxylic acids is 1. The number of amides is 1. The molecule has 16 heteroatoms. The summed E-state index contributed by atoms with van der Waals surface area (Å²) in [5, 5.41) is 0. The maximum atomic E-state index is 12.0. The first kappa shape index (κ1) is 36.8. The molecule has 2 aromatic heterocycles. The number of aromatic nitrogens is 2. The van der Waals surface area contributed by atoms with Crippen molar-refractivity contribution in [3.8, 4) is 28.5 Å². The van der Waals surface area contributed by atoms with Gasteiger partial charge in [0.2, 0.25) is 11.8 Å². The van der Waals surface area contributed by atoms with E-state index in [1.807, 2.05) is 5.43 Å². The van der Waals surface area contributed by atoms with Gasteiger partial charge in [-0.2, -0.15) is 16.8 Å². The molecule has 0 aliphatic rings. The highest BCUT2D eigenvalue weighted by Gasteiger charge is 2.20. The molecule has 0 saturated heterocycles. The molecular weight excluding hydrogens is 614 g/mol. The summed E-state index contributed by atoms with van der Waals surface area (Å²) in [6.07, 6.45) is 6.20. The zero-order valence-corrected chi connectivity index (χ0v) is 26.8. The molecule has 14 nitrogen and oxygen atoms in total. The van der Waals surface area contributed by atoms with E-state index in [0.29, 0.717) is 30.5 Å². The number of nitrogens with zero attached hydrogens (tertiary/aromatic N) is 3. The van der Waals surface area contributed by atoms with Crippen molar-refractivity contribution in [2.75, 3.05) is 32.0 Å². The molecule has 0 aliphatic heterocycles. The average Bonchev–Trinajstić information content (AvgIpc) is 3.48. The molecule has 0 radical (unpaired) electrons. The Balaban J connectivity index is 0.000000860. The number of carbonyl (C=O) groups is 1. The fourth-order valence-electron chi connectivity index (χ4n) is 4.01. The van der Waals surface area contributed by atoms with E-state index in [-0.39, 0.29) is 48.5 Å². The highest BCUT2D eigenvalue weighted by atomic mass is 32.2. The van der Waals surface area contributed by atoms with E-state index in [1.54, 1.807) is 35.2 Å². The van der Waals surface area contributed by atoms with Gasteiger partial charge in [0.1, 0.15) is 17.2 Å². The zero-order chi connectivity index (χ0) is 32.8. The second kappa shape index (κ2) is 17.8. The van der Waals surface area contributed by atoms with Gasteiger partial charge in [0, 0.05) is 36.1 Å². The maximum absolute atomic E-state index is 12.0. The summed E-state index contributed by atoms with van der Waals surface area (Å²) < 4.78 is 77.1. The predicted molar refractivity (Wildman–Crippen MR) is 164 cm³/mol. The smallest absolute Gasteiger partial charge is 0.298 e. The Morgan fingerprint density at radius 3 is 2.20 bits per heavy atom. The van der Waals surface area contributed by atoms with Crippen LogP contribution in [0.5, 0.6) is 5.75 Å². The third-order valence-electron chi connectivity index (χ3n) is 6.53. The summed E-state index contributed by atoms with van der Waals surface area (Å²) in [5.74, 6) is 4.82. The van der Waals surface area contributed by atoms with Gasteiger partial charge in [-0.3, -0.25) is 19.3 Å². The van der Waals surface area contributed by atoms with Crippen molar-refractivity contribution in [1.29, 1.82) is 0 Å². The lowest BCUT2D eigenvalue weighted by atomic mass is 10.2. The molecule has 44 heavy (non-hydrogen) atoms. The number of ether oxygens (including phenoxy) is 1. The van der Waals surface area contributed by atoms with Crippen molar-refractivity contribution in [1.82, 2.24) is 15.3 Å². The van der Waals surface area contributed by atoms with Gasteiger partial charge in [-0.25, -0.2) is 15.4 Å². The van der Waals surface area contributed by atoms with Crippen LogP contribution in [0.25, 0.3) is 22.8 Å². The van der Waals surface area contributed by atoms with Gasteiger partial charge >= 0.3 is 0 Å². The van der Waals surface area contributed by atoms with E-state index in [2.05, 4.69) is 30.7 Å². The van der Waals surface area contributed by atoms with Crippen molar-refractivity contribution in [2.24, 2.45) is 5.84 Å². The molecule has 244 valence electrons. The van der Waals surface area contributed by atoms with Crippen LogP contribution >= 0.6 is 0 Å². The van der Waals surface area contributed by atoms with E-state index in [0.717, 1.165) is 0 Å². The number of unbranched alkanes of at least 4 members (excludes halogenated alkanes) is 1. The third-order valence-corrected chi connectivity index (χ3v) is 8.21. The number of hydrazine groups is 1. The Morgan fingerprint density at radius 1 is 1.00 bits per heavy atom. The summed E-state index contributed by atoms with van der Waals surface area (Å²) in [4.78, 5) is 17.3. The van der Waals surface area contributed by atoms with Crippen LogP contribution in [0.15, 0.2) is 58.2 Å². The maximum Gasteiger partial charge on any atom is 0.298 e. The number of benzene rings is 1. The molecule has 0 atom stereocenters. The second-order valence-electron chi connectivity index (χ2n) is 9.62. The Hall–Kier alpha value is -3.41. The summed E-state index contributed by atoms with van der Waals surface area (Å²) in [7, 11) is -8.63. The molecule has 0 fully saturated rings. The van der Waals surface area contributed by atoms with Crippen molar-refractivity contribution in [3.05, 3.63) is 48.9 Å². The lowest BCUT2D eigenvalue weighted by molar-refractivity contribution is -0.696. The Bertz CT molecular complexity index is 1530. The van der Waals surface area contributed by atoms with E-state index >= 15 is 0 Å². The minimum atomic E-state index is -4.62. The summed E-state index contributed by atoms with van der Waals surface area (Å²) >= 11 is 0. The molecule has 3 aromatic rings. The van der Waals surface area contributed by atoms with Crippen molar-refractivity contribution in [3.63, 3.8) is 0 Å². The van der Waals surface area contributed by atoms with Gasteiger partial charge in [0.05, 0.1) is 18.6 Å². The van der Waals surface area contributed by atoms with Gasteiger partial charge in [-0.05, 0) is 50.7 Å². The van der Waals surface area contributed by atoms with Gasteiger partial charge in [0.25, 0.3) is 20.2 Å². The van der Waals surface area contributed by atoms with Gasteiger partial charge in [-0.1, -0.05) is 20.8 Å². The van der Waals surface area contributed by atoms with Crippen LogP contribution < -0.4 is 20.6 Å². The molecule has 0 spiro atoms. The monoisotopic (exact) mass is 656 g/mol. The minimum Gasteiger partial charge on any atom is -0.492 e. The van der Waals surface area contributed by atoms with Crippen molar-refractivity contribution >= 4 is 26.1 Å². The lowest BCUT2D eigenvalue weighted by Crippen LogP contribution is -2.33. The molecule has 1 aromatic carbocycles. The molecular formula is C28H42N5O9S2+. The second-order valence-corrected chi connectivity index (χ2v) is 12.6. The number of aryl methyl sites for hydroxylation is 1. The number of pyridine rings is 1. The fraction of sp³-hybridized carbons (Fsp3) is 0.464. The lowest BCUT2D eigenvalue weighted by Gasteiger charge is -2.13. The number of rotatable bonds is 16. The summed E-state index contributed by atoms with van der Waals surface area (Å²) in [6.45, 7) is 10.6. The standard InChI is InChI=1S/C22H26N4O9S2.C6H15N/c23-25-21(27)4-1-2-12-34-18-6-5-17(14-20(18)37(31,32)33)19-15-24-22(35-19)16-7-10-26(11-8-16)9-3-13-36(28,29)30;1-4-7(5-2)6-3/h5-8,10-11,14-15,23-24H,1-4,9,12-13H2,(H2,28,29,30,31,32,33);4-6H2,1-3H3/p+1. The average molecular weight is 657 g/mol. The van der Waals surface area contributed by atoms with Gasteiger partial charge in [-0.15, -0.1) is 0 Å². The normalized spacial score (nSPS) is 11.6. The Morgan fingerprint density at radius 2 is 1.66 bits per heavy atom. The molecule has 1 amide bonds. The first-order valence-electron chi connectivity index (χ1n) is 14.2. The first-order valence-corrected chi connectivity index (χ1v) is 17.2. The van der Waals surface area contributed by atoms with E-state index in [4.69, 9.17) is 19.5 Å². The van der Waals surface area contributed by atoms with E-state index < -0.39 is 25.1 Å². The van der Waals surface area contributed by atoms with Crippen molar-refractivity contribution in [2.45, 2.75) is 57.9 Å². The van der Waals surface area contributed by atoms with Crippen molar-refractivity contribution < 1.29 is 44.5 Å². The van der Waals surface area contributed by atoms with E-state index in [9.17, 15) is 26.2 Å². The topological polar surface area (TPSA) is 206 Å². The number of oxazole rings is 1. The Kier molecular flexibility index (Phi) is 14.9. The number of hydrogen-bond acceptors (Lipinski definition) is 10. The summed E-state index contributed by atoms with van der Waals surface area (Å²) in [5.41, 5.74) is 2.98.